The summed E-state index contributed by atoms with van der Waals surface area (Å²) in [6, 6.07) is 1.16. The largest absolute Gasteiger partial charge is 0.393 e. The molecule has 1 aliphatic rings. The van der Waals surface area contributed by atoms with E-state index in [1.165, 1.54) is 0 Å². The Morgan fingerprint density at radius 1 is 1.26 bits per heavy atom. The van der Waals surface area contributed by atoms with Crippen LogP contribution in [-0.2, 0) is 0 Å². The number of nitrogens with one attached hydrogen (secondary N) is 1. The van der Waals surface area contributed by atoms with Crippen molar-refractivity contribution < 1.29 is 18.8 Å². The minimum Gasteiger partial charge on any atom is -0.393 e. The van der Waals surface area contributed by atoms with Gasteiger partial charge in [-0.3, -0.25) is 10.1 Å². The summed E-state index contributed by atoms with van der Waals surface area (Å²) in [5.74, 6) is -1.95. The maximum atomic E-state index is 13.6. The van der Waals surface area contributed by atoms with Gasteiger partial charge in [-0.05, 0) is 25.7 Å². The van der Waals surface area contributed by atoms with Gasteiger partial charge in [-0.2, -0.15) is 0 Å². The summed E-state index contributed by atoms with van der Waals surface area (Å²) >= 11 is 0. The van der Waals surface area contributed by atoms with Gasteiger partial charge in [-0.25, -0.2) is 8.78 Å². The fraction of sp³-hybridized carbons (Fsp3) is 0.500. The van der Waals surface area contributed by atoms with Crippen molar-refractivity contribution in [2.75, 3.05) is 5.32 Å². The van der Waals surface area contributed by atoms with Crippen LogP contribution in [0, 0.1) is 21.7 Å². The molecule has 104 valence electrons. The summed E-state index contributed by atoms with van der Waals surface area (Å²) in [5, 5.41) is 22.9. The molecule has 2 rings (SSSR count). The van der Waals surface area contributed by atoms with Crippen LogP contribution in [0.4, 0.5) is 20.2 Å². The molecule has 19 heavy (non-hydrogen) atoms. The molecule has 0 heterocycles. The van der Waals surface area contributed by atoms with Crippen molar-refractivity contribution in [2.24, 2.45) is 0 Å². The minimum absolute atomic E-state index is 0.151. The Hall–Kier alpha value is -1.76. The summed E-state index contributed by atoms with van der Waals surface area (Å²) in [7, 11) is 0. The average Bonchev–Trinajstić information content (AvgIpc) is 2.34. The molecule has 2 N–H and O–H groups in total. The normalized spacial score (nSPS) is 23.1. The number of nitro benzene ring substituents is 1. The SMILES string of the molecule is O=[N+]([O-])c1cc(F)cc(F)c1NC1CCC(O)CC1. The van der Waals surface area contributed by atoms with Crippen molar-refractivity contribution >= 4 is 11.4 Å². The van der Waals surface area contributed by atoms with E-state index in [9.17, 15) is 24.0 Å². The Balaban J connectivity index is 2.21. The average molecular weight is 272 g/mol. The molecule has 7 heteroatoms. The van der Waals surface area contributed by atoms with Crippen molar-refractivity contribution in [1.29, 1.82) is 0 Å². The molecule has 1 aromatic rings. The lowest BCUT2D eigenvalue weighted by molar-refractivity contribution is -0.384. The molecule has 0 radical (unpaired) electrons. The van der Waals surface area contributed by atoms with Crippen LogP contribution in [0.2, 0.25) is 0 Å². The van der Waals surface area contributed by atoms with Gasteiger partial charge in [0.15, 0.2) is 5.82 Å². The van der Waals surface area contributed by atoms with Crippen LogP contribution in [0.15, 0.2) is 12.1 Å². The second kappa shape index (κ2) is 5.48. The van der Waals surface area contributed by atoms with Crippen molar-refractivity contribution in [3.8, 4) is 0 Å². The van der Waals surface area contributed by atoms with Crippen molar-refractivity contribution in [2.45, 2.75) is 37.8 Å². The van der Waals surface area contributed by atoms with Crippen molar-refractivity contribution in [3.63, 3.8) is 0 Å². The Morgan fingerprint density at radius 2 is 1.89 bits per heavy atom. The molecule has 1 aromatic carbocycles. The number of halogens is 2. The number of benzene rings is 1. The van der Waals surface area contributed by atoms with Crippen molar-refractivity contribution in [3.05, 3.63) is 33.9 Å². The smallest absolute Gasteiger partial charge is 0.298 e. The molecule has 0 atom stereocenters. The number of nitro groups is 1. The maximum Gasteiger partial charge on any atom is 0.298 e. The fourth-order valence-corrected chi connectivity index (χ4v) is 2.27. The zero-order valence-electron chi connectivity index (χ0n) is 10.1. The van der Waals surface area contributed by atoms with Crippen LogP contribution in [0.5, 0.6) is 0 Å². The highest BCUT2D eigenvalue weighted by molar-refractivity contribution is 5.63. The van der Waals surface area contributed by atoms with Gasteiger partial charge in [0, 0.05) is 12.1 Å². The number of aliphatic hydroxyl groups is 1. The Bertz CT molecular complexity index is 488. The quantitative estimate of drug-likeness (QED) is 0.655. The lowest BCUT2D eigenvalue weighted by atomic mass is 9.93. The third-order valence-corrected chi connectivity index (χ3v) is 3.28. The molecule has 0 spiro atoms. The second-order valence-corrected chi connectivity index (χ2v) is 4.69. The van der Waals surface area contributed by atoms with Gasteiger partial charge in [-0.15, -0.1) is 0 Å². The molecular weight excluding hydrogens is 258 g/mol. The van der Waals surface area contributed by atoms with E-state index in [1.54, 1.807) is 0 Å². The fourth-order valence-electron chi connectivity index (χ4n) is 2.27. The topological polar surface area (TPSA) is 75.4 Å². The van der Waals surface area contributed by atoms with Crippen LogP contribution in [0.25, 0.3) is 0 Å². The maximum absolute atomic E-state index is 13.6. The predicted octanol–water partition coefficient (Wildman–Crippen LogP) is 2.59. The van der Waals surface area contributed by atoms with E-state index < -0.39 is 22.2 Å². The van der Waals surface area contributed by atoms with Gasteiger partial charge in [0.25, 0.3) is 5.69 Å². The standard InChI is InChI=1S/C12H14F2N2O3/c13-7-5-10(14)12(11(6-7)16(18)19)15-8-1-3-9(17)4-2-8/h5-6,8-9,15,17H,1-4H2. The van der Waals surface area contributed by atoms with E-state index in [-0.39, 0.29) is 17.8 Å². The predicted molar refractivity (Wildman–Crippen MR) is 64.9 cm³/mol. The summed E-state index contributed by atoms with van der Waals surface area (Å²) in [5.41, 5.74) is -0.892. The monoisotopic (exact) mass is 272 g/mol. The van der Waals surface area contributed by atoms with E-state index in [0.29, 0.717) is 37.8 Å². The molecule has 0 unspecified atom stereocenters. The lowest BCUT2D eigenvalue weighted by Crippen LogP contribution is -2.28. The summed E-state index contributed by atoms with van der Waals surface area (Å²) in [6.45, 7) is 0. The van der Waals surface area contributed by atoms with Gasteiger partial charge in [0.1, 0.15) is 11.5 Å². The highest BCUT2D eigenvalue weighted by Crippen LogP contribution is 2.31. The molecule has 1 saturated carbocycles. The second-order valence-electron chi connectivity index (χ2n) is 4.69. The number of hydrogen-bond acceptors (Lipinski definition) is 4. The van der Waals surface area contributed by atoms with Gasteiger partial charge < -0.3 is 10.4 Å². The molecule has 0 aliphatic heterocycles. The van der Waals surface area contributed by atoms with Crippen LogP contribution < -0.4 is 5.32 Å². The molecule has 0 bridgehead atoms. The first-order chi connectivity index (χ1) is 8.97. The van der Waals surface area contributed by atoms with Gasteiger partial charge in [-0.1, -0.05) is 0 Å². The first-order valence-electron chi connectivity index (χ1n) is 6.05. The molecule has 0 aromatic heterocycles. The first kappa shape index (κ1) is 13.7. The van der Waals surface area contributed by atoms with Crippen molar-refractivity contribution in [1.82, 2.24) is 0 Å². The third kappa shape index (κ3) is 3.17. The Kier molecular flexibility index (Phi) is 3.94. The van der Waals surface area contributed by atoms with Gasteiger partial charge >= 0.3 is 0 Å². The van der Waals surface area contributed by atoms with E-state index in [0.717, 1.165) is 0 Å². The zero-order valence-corrected chi connectivity index (χ0v) is 10.1. The van der Waals surface area contributed by atoms with E-state index in [1.807, 2.05) is 0 Å². The van der Waals surface area contributed by atoms with Gasteiger partial charge in [0.05, 0.1) is 17.1 Å². The molecule has 1 aliphatic carbocycles. The molecule has 5 nitrogen and oxygen atoms in total. The van der Waals surface area contributed by atoms with E-state index in [2.05, 4.69) is 5.32 Å². The highest BCUT2D eigenvalue weighted by atomic mass is 19.1. The summed E-state index contributed by atoms with van der Waals surface area (Å²) in [4.78, 5) is 10.00. The number of aliphatic hydroxyl groups excluding tert-OH is 1. The van der Waals surface area contributed by atoms with E-state index in [4.69, 9.17) is 0 Å². The van der Waals surface area contributed by atoms with Crippen LogP contribution in [0.3, 0.4) is 0 Å². The number of nitrogens with zero attached hydrogens (tertiary/aromatic N) is 1. The number of rotatable bonds is 3. The van der Waals surface area contributed by atoms with Crippen LogP contribution in [0.1, 0.15) is 25.7 Å². The summed E-state index contributed by atoms with van der Waals surface area (Å²) < 4.78 is 26.6. The van der Waals surface area contributed by atoms with Crippen LogP contribution in [-0.4, -0.2) is 22.2 Å². The van der Waals surface area contributed by atoms with E-state index >= 15 is 0 Å². The first-order valence-corrected chi connectivity index (χ1v) is 6.05. The molecule has 0 saturated heterocycles. The van der Waals surface area contributed by atoms with Crippen LogP contribution >= 0.6 is 0 Å². The Labute approximate surface area is 108 Å². The molecule has 1 fully saturated rings. The number of hydrogen-bond donors (Lipinski definition) is 2. The highest BCUT2D eigenvalue weighted by Gasteiger charge is 2.25. The minimum atomic E-state index is -0.978. The molecule has 0 amide bonds. The summed E-state index contributed by atoms with van der Waals surface area (Å²) in [6.07, 6.45) is 1.94. The van der Waals surface area contributed by atoms with Gasteiger partial charge in [0.2, 0.25) is 0 Å². The third-order valence-electron chi connectivity index (χ3n) is 3.28. The Morgan fingerprint density at radius 3 is 2.47 bits per heavy atom. The lowest BCUT2D eigenvalue weighted by Gasteiger charge is -2.27. The molecular formula is C12H14F2N2O3. The zero-order chi connectivity index (χ0) is 14.0. The number of anilines is 1.